The molecular weight excluding hydrogens is 400 g/mol. The Balaban J connectivity index is 1.98. The van der Waals surface area contributed by atoms with Crippen LogP contribution in [0, 0.1) is 0 Å². The molecular formula is C28H40O4. The molecule has 0 N–H and O–H groups in total. The van der Waals surface area contributed by atoms with Gasteiger partial charge < -0.3 is 14.2 Å². The van der Waals surface area contributed by atoms with Crippen LogP contribution in [-0.4, -0.2) is 19.2 Å². The summed E-state index contributed by atoms with van der Waals surface area (Å²) in [6, 6.07) is 14.8. The second kappa shape index (κ2) is 14.7. The van der Waals surface area contributed by atoms with Crippen LogP contribution in [0.3, 0.4) is 0 Å². The highest BCUT2D eigenvalue weighted by Crippen LogP contribution is 2.30. The zero-order valence-corrected chi connectivity index (χ0v) is 20.3. The Morgan fingerprint density at radius 1 is 0.812 bits per heavy atom. The highest BCUT2D eigenvalue weighted by Gasteiger charge is 2.16. The van der Waals surface area contributed by atoms with Gasteiger partial charge in [-0.1, -0.05) is 76.6 Å². The van der Waals surface area contributed by atoms with Crippen molar-refractivity contribution < 1.29 is 19.0 Å². The van der Waals surface area contributed by atoms with Crippen molar-refractivity contribution in [3.63, 3.8) is 0 Å². The van der Waals surface area contributed by atoms with Crippen molar-refractivity contribution in [2.24, 2.45) is 0 Å². The summed E-state index contributed by atoms with van der Waals surface area (Å²) < 4.78 is 17.4. The average Bonchev–Trinajstić information content (AvgIpc) is 2.82. The van der Waals surface area contributed by atoms with Crippen LogP contribution in [0.2, 0.25) is 0 Å². The first-order valence-corrected chi connectivity index (χ1v) is 12.2. The van der Waals surface area contributed by atoms with Gasteiger partial charge in [-0.25, -0.2) is 4.79 Å². The quantitative estimate of drug-likeness (QED) is 0.160. The molecule has 0 spiro atoms. The number of ether oxygens (including phenoxy) is 3. The largest absolute Gasteiger partial charge is 0.487 e. The van der Waals surface area contributed by atoms with Crippen LogP contribution in [0.1, 0.15) is 101 Å². The van der Waals surface area contributed by atoms with Gasteiger partial charge in [0.15, 0.2) is 11.5 Å². The van der Waals surface area contributed by atoms with Crippen molar-refractivity contribution >= 4 is 5.97 Å². The van der Waals surface area contributed by atoms with Crippen LogP contribution in [0.25, 0.3) is 0 Å². The third-order valence-corrected chi connectivity index (χ3v) is 5.81. The van der Waals surface area contributed by atoms with Crippen LogP contribution < -0.4 is 9.47 Å². The number of carbonyl (C=O) groups is 1. The van der Waals surface area contributed by atoms with Gasteiger partial charge in [0.05, 0.1) is 17.8 Å². The summed E-state index contributed by atoms with van der Waals surface area (Å²) in [5.41, 5.74) is 1.52. The van der Waals surface area contributed by atoms with E-state index in [2.05, 4.69) is 13.8 Å². The fourth-order valence-electron chi connectivity index (χ4n) is 3.73. The average molecular weight is 441 g/mol. The second-order valence-corrected chi connectivity index (χ2v) is 8.42. The Kier molecular flexibility index (Phi) is 11.9. The van der Waals surface area contributed by atoms with Crippen molar-refractivity contribution in [3.8, 4) is 11.5 Å². The van der Waals surface area contributed by atoms with E-state index in [1.165, 1.54) is 38.5 Å². The molecule has 0 aliphatic rings. The Bertz CT molecular complexity index is 784. The van der Waals surface area contributed by atoms with E-state index in [1.54, 1.807) is 25.3 Å². The fraction of sp³-hybridized carbons (Fsp3) is 0.536. The molecule has 2 atom stereocenters. The van der Waals surface area contributed by atoms with Crippen molar-refractivity contribution in [2.45, 2.75) is 90.8 Å². The molecule has 2 aromatic carbocycles. The molecule has 2 aromatic rings. The van der Waals surface area contributed by atoms with E-state index >= 15 is 0 Å². The minimum atomic E-state index is -0.388. The molecule has 0 heterocycles. The van der Waals surface area contributed by atoms with E-state index in [9.17, 15) is 4.79 Å². The van der Waals surface area contributed by atoms with Gasteiger partial charge >= 0.3 is 5.97 Å². The Morgan fingerprint density at radius 3 is 2.12 bits per heavy atom. The Morgan fingerprint density at radius 2 is 1.47 bits per heavy atom. The SMILES string of the molecule is CCCCCCCCC(CCC)Oc1ccccc1OC(=O)c1ccc(C(C)OC)cc1. The first kappa shape index (κ1) is 25.9. The molecule has 0 aliphatic heterocycles. The normalized spacial score (nSPS) is 12.9. The van der Waals surface area contributed by atoms with E-state index in [0.29, 0.717) is 17.1 Å². The molecule has 0 aliphatic carbocycles. The highest BCUT2D eigenvalue weighted by molar-refractivity contribution is 5.91. The fourth-order valence-corrected chi connectivity index (χ4v) is 3.73. The Hall–Kier alpha value is -2.33. The third-order valence-electron chi connectivity index (χ3n) is 5.81. The molecule has 2 rings (SSSR count). The molecule has 4 nitrogen and oxygen atoms in total. The van der Waals surface area contributed by atoms with E-state index in [4.69, 9.17) is 14.2 Å². The maximum atomic E-state index is 12.7. The summed E-state index contributed by atoms with van der Waals surface area (Å²) in [7, 11) is 1.67. The van der Waals surface area contributed by atoms with Gasteiger partial charge in [0.25, 0.3) is 0 Å². The monoisotopic (exact) mass is 440 g/mol. The molecule has 0 amide bonds. The molecule has 32 heavy (non-hydrogen) atoms. The summed E-state index contributed by atoms with van der Waals surface area (Å²) in [5.74, 6) is 0.714. The predicted octanol–water partition coefficient (Wildman–Crippen LogP) is 7.91. The number of methoxy groups -OCH3 is 1. The number of hydrogen-bond acceptors (Lipinski definition) is 4. The smallest absolute Gasteiger partial charge is 0.343 e. The van der Waals surface area contributed by atoms with Gasteiger partial charge in [-0.2, -0.15) is 0 Å². The van der Waals surface area contributed by atoms with E-state index in [0.717, 1.165) is 24.8 Å². The van der Waals surface area contributed by atoms with E-state index < -0.39 is 0 Å². The van der Waals surface area contributed by atoms with Crippen molar-refractivity contribution in [3.05, 3.63) is 59.7 Å². The van der Waals surface area contributed by atoms with Crippen LogP contribution in [0.5, 0.6) is 11.5 Å². The lowest BCUT2D eigenvalue weighted by Crippen LogP contribution is -2.17. The molecule has 0 radical (unpaired) electrons. The van der Waals surface area contributed by atoms with Crippen molar-refractivity contribution in [1.82, 2.24) is 0 Å². The predicted molar refractivity (Wildman–Crippen MR) is 131 cm³/mol. The van der Waals surface area contributed by atoms with Gasteiger partial charge in [0.2, 0.25) is 0 Å². The second-order valence-electron chi connectivity index (χ2n) is 8.42. The molecule has 2 unspecified atom stereocenters. The van der Waals surface area contributed by atoms with Crippen LogP contribution >= 0.6 is 0 Å². The van der Waals surface area contributed by atoms with Crippen molar-refractivity contribution in [1.29, 1.82) is 0 Å². The van der Waals surface area contributed by atoms with Gasteiger partial charge in [-0.15, -0.1) is 0 Å². The zero-order valence-electron chi connectivity index (χ0n) is 20.3. The minimum absolute atomic E-state index is 0.0173. The lowest BCUT2D eigenvalue weighted by Gasteiger charge is -2.20. The number of unbranched alkanes of at least 4 members (excludes halogenated alkanes) is 5. The number of esters is 1. The molecule has 0 fully saturated rings. The summed E-state index contributed by atoms with van der Waals surface area (Å²) in [5, 5.41) is 0. The molecule has 4 heteroatoms. The van der Waals surface area contributed by atoms with Crippen molar-refractivity contribution in [2.75, 3.05) is 7.11 Å². The summed E-state index contributed by atoms with van der Waals surface area (Å²) in [6.07, 6.45) is 10.8. The first-order chi connectivity index (χ1) is 15.6. The Labute approximate surface area is 194 Å². The number of carbonyl (C=O) groups excluding carboxylic acids is 1. The lowest BCUT2D eigenvalue weighted by molar-refractivity contribution is 0.0720. The van der Waals surface area contributed by atoms with Crippen LogP contribution in [0.15, 0.2) is 48.5 Å². The topological polar surface area (TPSA) is 44.8 Å². The first-order valence-electron chi connectivity index (χ1n) is 12.2. The summed E-state index contributed by atoms with van der Waals surface area (Å²) in [4.78, 5) is 12.7. The number of para-hydroxylation sites is 2. The van der Waals surface area contributed by atoms with E-state index in [-0.39, 0.29) is 18.2 Å². The maximum absolute atomic E-state index is 12.7. The molecule has 0 bridgehead atoms. The number of benzene rings is 2. The standard InChI is InChI=1S/C28H40O4/c1-5-7-8-9-10-11-15-25(14-6-2)31-26-16-12-13-17-27(26)32-28(29)24-20-18-23(19-21-24)22(3)30-4/h12-13,16-22,25H,5-11,14-15H2,1-4H3. The summed E-state index contributed by atoms with van der Waals surface area (Å²) in [6.45, 7) is 6.39. The molecule has 176 valence electrons. The minimum Gasteiger partial charge on any atom is -0.487 e. The van der Waals surface area contributed by atoms with E-state index in [1.807, 2.05) is 37.3 Å². The van der Waals surface area contributed by atoms with Gasteiger partial charge in [-0.05, 0) is 56.0 Å². The number of hydrogen-bond donors (Lipinski definition) is 0. The zero-order chi connectivity index (χ0) is 23.2. The third kappa shape index (κ3) is 8.66. The van der Waals surface area contributed by atoms with Gasteiger partial charge in [-0.3, -0.25) is 0 Å². The summed E-state index contributed by atoms with van der Waals surface area (Å²) >= 11 is 0. The molecule has 0 saturated heterocycles. The maximum Gasteiger partial charge on any atom is 0.343 e. The van der Waals surface area contributed by atoms with Gasteiger partial charge in [0, 0.05) is 7.11 Å². The van der Waals surface area contributed by atoms with Gasteiger partial charge in [0.1, 0.15) is 0 Å². The lowest BCUT2D eigenvalue weighted by atomic mass is 10.0. The molecule has 0 saturated carbocycles. The van der Waals surface area contributed by atoms with Crippen LogP contribution in [0.4, 0.5) is 0 Å². The van der Waals surface area contributed by atoms with Crippen LogP contribution in [-0.2, 0) is 4.74 Å². The number of rotatable bonds is 15. The highest BCUT2D eigenvalue weighted by atomic mass is 16.6. The molecule has 0 aromatic heterocycles.